The van der Waals surface area contributed by atoms with E-state index in [1.165, 1.54) is 16.4 Å². The molecule has 0 aliphatic heterocycles. The lowest BCUT2D eigenvalue weighted by Crippen LogP contribution is -2.34. The van der Waals surface area contributed by atoms with Gasteiger partial charge in [-0.25, -0.2) is 8.42 Å². The number of benzene rings is 3. The molecule has 0 saturated heterocycles. The Morgan fingerprint density at radius 2 is 1.58 bits per heavy atom. The molecule has 0 unspecified atom stereocenters. The number of anilines is 2. The van der Waals surface area contributed by atoms with Crippen LogP contribution >= 0.6 is 12.2 Å². The van der Waals surface area contributed by atoms with Gasteiger partial charge in [0.05, 0.1) is 17.2 Å². The highest BCUT2D eigenvalue weighted by Gasteiger charge is 2.23. The van der Waals surface area contributed by atoms with Gasteiger partial charge in [-0.3, -0.25) is 14.4 Å². The summed E-state index contributed by atoms with van der Waals surface area (Å²) in [4.78, 5) is 12.7. The molecule has 0 heterocycles. The highest BCUT2D eigenvalue weighted by Crippen LogP contribution is 2.24. The average molecular weight is 526 g/mol. The second-order valence-electron chi connectivity index (χ2n) is 8.02. The average Bonchev–Trinajstić information content (AvgIpc) is 2.88. The number of nitrogens with zero attached hydrogens (tertiary/aromatic N) is 1. The summed E-state index contributed by atoms with van der Waals surface area (Å²) in [7, 11) is -3.72. The molecular formula is C27H31N3O4S2. The second-order valence-corrected chi connectivity index (χ2v) is 10.3. The van der Waals surface area contributed by atoms with Gasteiger partial charge in [0.1, 0.15) is 5.75 Å². The summed E-state index contributed by atoms with van der Waals surface area (Å²) in [6, 6.07) is 22.0. The summed E-state index contributed by atoms with van der Waals surface area (Å²) in [5.74, 6) is 0.359. The van der Waals surface area contributed by atoms with Crippen molar-refractivity contribution in [1.82, 2.24) is 5.32 Å². The molecule has 36 heavy (non-hydrogen) atoms. The van der Waals surface area contributed by atoms with Crippen molar-refractivity contribution in [2.75, 3.05) is 22.8 Å². The van der Waals surface area contributed by atoms with Crippen LogP contribution in [0.4, 0.5) is 11.4 Å². The number of sulfonamides is 1. The molecule has 0 saturated carbocycles. The molecule has 3 aromatic rings. The van der Waals surface area contributed by atoms with Crippen LogP contribution in [0.25, 0.3) is 0 Å². The molecule has 7 nitrogen and oxygen atoms in total. The lowest BCUT2D eigenvalue weighted by molar-refractivity contribution is 0.0977. The summed E-state index contributed by atoms with van der Waals surface area (Å²) in [5, 5.41) is 5.65. The van der Waals surface area contributed by atoms with Gasteiger partial charge in [-0.15, -0.1) is 0 Å². The molecule has 0 atom stereocenters. The molecule has 0 bridgehead atoms. The van der Waals surface area contributed by atoms with E-state index >= 15 is 0 Å². The zero-order valence-corrected chi connectivity index (χ0v) is 22.1. The van der Waals surface area contributed by atoms with E-state index < -0.39 is 10.0 Å². The van der Waals surface area contributed by atoms with Crippen molar-refractivity contribution in [2.24, 2.45) is 0 Å². The molecule has 3 aromatic carbocycles. The van der Waals surface area contributed by atoms with E-state index in [0.29, 0.717) is 35.8 Å². The van der Waals surface area contributed by atoms with E-state index in [-0.39, 0.29) is 15.9 Å². The Kier molecular flexibility index (Phi) is 9.84. The van der Waals surface area contributed by atoms with Gasteiger partial charge >= 0.3 is 0 Å². The fourth-order valence-corrected chi connectivity index (χ4v) is 5.19. The van der Waals surface area contributed by atoms with Crippen LogP contribution in [0.5, 0.6) is 5.75 Å². The Labute approximate surface area is 218 Å². The highest BCUT2D eigenvalue weighted by atomic mass is 32.2. The molecule has 0 aliphatic rings. The third kappa shape index (κ3) is 7.29. The van der Waals surface area contributed by atoms with E-state index in [1.54, 1.807) is 67.6 Å². The van der Waals surface area contributed by atoms with Gasteiger partial charge < -0.3 is 10.1 Å². The Morgan fingerprint density at radius 1 is 0.917 bits per heavy atom. The number of thiocarbonyl (C=S) groups is 1. The van der Waals surface area contributed by atoms with E-state index in [1.807, 2.05) is 6.07 Å². The zero-order valence-electron chi connectivity index (χ0n) is 20.4. The Hall–Kier alpha value is -3.43. The molecule has 0 spiro atoms. The number of nitrogens with one attached hydrogen (secondary N) is 2. The number of para-hydroxylation sites is 1. The first-order valence-electron chi connectivity index (χ1n) is 11.9. The maximum absolute atomic E-state index is 13.1. The second kappa shape index (κ2) is 13.0. The van der Waals surface area contributed by atoms with Crippen LogP contribution in [0.15, 0.2) is 83.8 Å². The fraction of sp³-hybridized carbons (Fsp3) is 0.259. The maximum atomic E-state index is 13.1. The number of rotatable bonds is 11. The largest absolute Gasteiger partial charge is 0.494 e. The van der Waals surface area contributed by atoms with E-state index in [2.05, 4.69) is 17.6 Å². The third-order valence-electron chi connectivity index (χ3n) is 5.39. The minimum absolute atomic E-state index is 0.106. The van der Waals surface area contributed by atoms with Crippen molar-refractivity contribution in [1.29, 1.82) is 0 Å². The van der Waals surface area contributed by atoms with Gasteiger partial charge in [0.25, 0.3) is 15.9 Å². The first-order chi connectivity index (χ1) is 17.3. The monoisotopic (exact) mass is 525 g/mol. The van der Waals surface area contributed by atoms with Crippen molar-refractivity contribution < 1.29 is 17.9 Å². The first kappa shape index (κ1) is 27.2. The molecule has 0 aliphatic carbocycles. The normalized spacial score (nSPS) is 10.9. The van der Waals surface area contributed by atoms with E-state index in [4.69, 9.17) is 17.0 Å². The number of carbonyl (C=O) groups excluding carboxylic acids is 1. The van der Waals surface area contributed by atoms with Crippen molar-refractivity contribution in [3.63, 3.8) is 0 Å². The lowest BCUT2D eigenvalue weighted by atomic mass is 10.2. The van der Waals surface area contributed by atoms with E-state index in [9.17, 15) is 13.2 Å². The minimum atomic E-state index is -3.72. The molecule has 0 radical (unpaired) electrons. The minimum Gasteiger partial charge on any atom is -0.494 e. The predicted molar refractivity (Wildman–Crippen MR) is 148 cm³/mol. The molecular weight excluding hydrogens is 494 g/mol. The number of hydrogen-bond acceptors (Lipinski definition) is 5. The van der Waals surface area contributed by atoms with Crippen LogP contribution in [-0.4, -0.2) is 32.6 Å². The highest BCUT2D eigenvalue weighted by molar-refractivity contribution is 7.92. The fourth-order valence-electron chi connectivity index (χ4n) is 3.51. The van der Waals surface area contributed by atoms with Crippen LogP contribution in [0.3, 0.4) is 0 Å². The van der Waals surface area contributed by atoms with Crippen LogP contribution in [0.2, 0.25) is 0 Å². The lowest BCUT2D eigenvalue weighted by Gasteiger charge is -2.23. The number of unbranched alkanes of at least 4 members (excludes halogenated alkanes) is 2. The van der Waals surface area contributed by atoms with Crippen molar-refractivity contribution >= 4 is 44.6 Å². The number of carbonyl (C=O) groups is 1. The number of amides is 1. The molecule has 9 heteroatoms. The first-order valence-corrected chi connectivity index (χ1v) is 13.7. The SMILES string of the molecule is CCCCCOc1ccc(C(=O)NC(=S)Nc2ccc(S(=O)(=O)N(CC)c3ccccc3)cc2)cc1. The van der Waals surface area contributed by atoms with Crippen LogP contribution in [0, 0.1) is 0 Å². The van der Waals surface area contributed by atoms with Crippen LogP contribution < -0.4 is 19.7 Å². The van der Waals surface area contributed by atoms with Crippen LogP contribution in [-0.2, 0) is 10.0 Å². The Bertz CT molecular complexity index is 1250. The van der Waals surface area contributed by atoms with Gasteiger partial charge in [0.2, 0.25) is 0 Å². The molecule has 2 N–H and O–H groups in total. The van der Waals surface area contributed by atoms with Crippen LogP contribution in [0.1, 0.15) is 43.5 Å². The van der Waals surface area contributed by atoms with Gasteiger partial charge in [0, 0.05) is 17.8 Å². The molecule has 1 amide bonds. The Balaban J connectivity index is 1.57. The molecule has 0 aromatic heterocycles. The standard InChI is InChI=1S/C27H31N3O4S2/c1-3-5-9-20-34-24-16-12-21(13-17-24)26(31)29-27(35)28-22-14-18-25(19-15-22)36(32,33)30(4-2)23-10-7-6-8-11-23/h6-8,10-19H,3-5,9,20H2,1-2H3,(H2,28,29,31,35). The van der Waals surface area contributed by atoms with Gasteiger partial charge in [0.15, 0.2) is 5.11 Å². The molecule has 3 rings (SSSR count). The quantitative estimate of drug-likeness (QED) is 0.250. The van der Waals surface area contributed by atoms with Crippen molar-refractivity contribution in [3.8, 4) is 5.75 Å². The molecule has 190 valence electrons. The van der Waals surface area contributed by atoms with Gasteiger partial charge in [-0.2, -0.15) is 0 Å². The van der Waals surface area contributed by atoms with Crippen molar-refractivity contribution in [3.05, 3.63) is 84.4 Å². The third-order valence-corrected chi connectivity index (χ3v) is 7.51. The Morgan fingerprint density at radius 3 is 2.19 bits per heavy atom. The number of ether oxygens (including phenoxy) is 1. The summed E-state index contributed by atoms with van der Waals surface area (Å²) in [5.41, 5.74) is 1.60. The maximum Gasteiger partial charge on any atom is 0.264 e. The smallest absolute Gasteiger partial charge is 0.264 e. The molecule has 0 fully saturated rings. The van der Waals surface area contributed by atoms with E-state index in [0.717, 1.165) is 19.3 Å². The summed E-state index contributed by atoms with van der Waals surface area (Å²) < 4.78 is 33.3. The van der Waals surface area contributed by atoms with Gasteiger partial charge in [-0.05, 0) is 86.2 Å². The predicted octanol–water partition coefficient (Wildman–Crippen LogP) is 5.60. The summed E-state index contributed by atoms with van der Waals surface area (Å²) in [6.45, 7) is 4.87. The number of hydrogen-bond donors (Lipinski definition) is 2. The van der Waals surface area contributed by atoms with Crippen molar-refractivity contribution in [2.45, 2.75) is 38.0 Å². The van der Waals surface area contributed by atoms with Gasteiger partial charge in [-0.1, -0.05) is 38.0 Å². The topological polar surface area (TPSA) is 87.7 Å². The summed E-state index contributed by atoms with van der Waals surface area (Å²) in [6.07, 6.45) is 3.25. The zero-order chi connectivity index (χ0) is 26.0. The summed E-state index contributed by atoms with van der Waals surface area (Å²) >= 11 is 5.26.